The van der Waals surface area contributed by atoms with E-state index in [9.17, 15) is 27.5 Å². The second-order valence-electron chi connectivity index (χ2n) is 7.95. The summed E-state index contributed by atoms with van der Waals surface area (Å²) in [6, 6.07) is -0.124. The van der Waals surface area contributed by atoms with Crippen LogP contribution < -0.4 is 5.32 Å². The zero-order chi connectivity index (χ0) is 21.6. The molecule has 1 aliphatic carbocycles. The highest BCUT2D eigenvalue weighted by Gasteiger charge is 2.34. The van der Waals surface area contributed by atoms with Crippen molar-refractivity contribution >= 4 is 18.1 Å². The normalized spacial score (nSPS) is 23.4. The van der Waals surface area contributed by atoms with Gasteiger partial charge >= 0.3 is 0 Å². The molecule has 1 saturated carbocycles. The molecule has 3 atom stereocenters. The number of aliphatic hydroxyl groups excluding tert-OH is 1. The molecular weight excluding hydrogens is 422 g/mol. The third-order valence-corrected chi connectivity index (χ3v) is 6.31. The van der Waals surface area contributed by atoms with Crippen molar-refractivity contribution in [2.75, 3.05) is 0 Å². The fourth-order valence-electron chi connectivity index (χ4n) is 4.49. The zero-order valence-corrected chi connectivity index (χ0v) is 16.8. The predicted octanol–water partition coefficient (Wildman–Crippen LogP) is 3.40. The van der Waals surface area contributed by atoms with Crippen LogP contribution in [0.2, 0.25) is 0 Å². The maximum absolute atomic E-state index is 14.2. The molecule has 4 rings (SSSR count). The first-order chi connectivity index (χ1) is 14.3. The molecule has 2 heterocycles. The van der Waals surface area contributed by atoms with Gasteiger partial charge in [0, 0.05) is 35.5 Å². The van der Waals surface area contributed by atoms with Crippen molar-refractivity contribution in [2.45, 2.75) is 63.1 Å². The lowest BCUT2D eigenvalue weighted by atomic mass is 9.92. The van der Waals surface area contributed by atoms with Crippen LogP contribution in [0.3, 0.4) is 0 Å². The number of hydrogen-bond acceptors (Lipinski definition) is 3. The largest absolute Gasteiger partial charge is 0.391 e. The first-order valence-electron chi connectivity index (χ1n) is 9.87. The molecular formula is C20H21F4N3O2S. The SMILES string of the molecule is O=C(Cc1[nH]c(=S)n2c1CC(c1c(F)c(F)cc(F)c1F)C2)NC1CCCCC1O. The molecule has 1 aliphatic heterocycles. The van der Waals surface area contributed by atoms with Crippen LogP contribution >= 0.6 is 12.2 Å². The van der Waals surface area contributed by atoms with Gasteiger partial charge in [-0.05, 0) is 31.5 Å². The summed E-state index contributed by atoms with van der Waals surface area (Å²) in [5, 5.41) is 12.8. The molecule has 30 heavy (non-hydrogen) atoms. The van der Waals surface area contributed by atoms with E-state index < -0.39 is 40.9 Å². The summed E-state index contributed by atoms with van der Waals surface area (Å²) >= 11 is 5.25. The third kappa shape index (κ3) is 3.78. The van der Waals surface area contributed by atoms with Crippen molar-refractivity contribution in [3.8, 4) is 0 Å². The maximum Gasteiger partial charge on any atom is 0.226 e. The average Bonchev–Trinajstić information content (AvgIpc) is 3.24. The van der Waals surface area contributed by atoms with E-state index in [2.05, 4.69) is 10.3 Å². The van der Waals surface area contributed by atoms with Crippen molar-refractivity contribution in [3.05, 3.63) is 51.1 Å². The van der Waals surface area contributed by atoms with Crippen molar-refractivity contribution in [2.24, 2.45) is 0 Å². The van der Waals surface area contributed by atoms with E-state index in [0.717, 1.165) is 12.8 Å². The quantitative estimate of drug-likeness (QED) is 0.385. The Labute approximate surface area is 175 Å². The minimum absolute atomic E-state index is 0.0460. The van der Waals surface area contributed by atoms with E-state index in [4.69, 9.17) is 12.2 Å². The number of benzene rings is 1. The molecule has 10 heteroatoms. The molecule has 0 spiro atoms. The molecule has 1 amide bonds. The van der Waals surface area contributed by atoms with E-state index in [1.165, 1.54) is 0 Å². The van der Waals surface area contributed by atoms with Crippen LogP contribution in [0.1, 0.15) is 48.6 Å². The Morgan fingerprint density at radius 2 is 1.87 bits per heavy atom. The maximum atomic E-state index is 14.2. The Balaban J connectivity index is 1.54. The van der Waals surface area contributed by atoms with Gasteiger partial charge in [0.25, 0.3) is 0 Å². The second kappa shape index (κ2) is 8.14. The number of amides is 1. The molecule has 3 N–H and O–H groups in total. The van der Waals surface area contributed by atoms with Gasteiger partial charge in [0.1, 0.15) is 0 Å². The number of fused-ring (bicyclic) bond motifs is 1. The lowest BCUT2D eigenvalue weighted by Crippen LogP contribution is -2.45. The van der Waals surface area contributed by atoms with Crippen LogP contribution in [0.5, 0.6) is 0 Å². The summed E-state index contributed by atoms with van der Waals surface area (Å²) in [4.78, 5) is 15.4. The van der Waals surface area contributed by atoms with Crippen LogP contribution in [0, 0.1) is 28.0 Å². The van der Waals surface area contributed by atoms with Gasteiger partial charge < -0.3 is 20.0 Å². The number of aromatic amines is 1. The van der Waals surface area contributed by atoms with Gasteiger partial charge in [0.15, 0.2) is 28.0 Å². The van der Waals surface area contributed by atoms with Gasteiger partial charge in [-0.15, -0.1) is 0 Å². The number of halogens is 4. The summed E-state index contributed by atoms with van der Waals surface area (Å²) in [7, 11) is 0. The first-order valence-corrected chi connectivity index (χ1v) is 10.3. The minimum Gasteiger partial charge on any atom is -0.391 e. The number of aliphatic hydroxyl groups is 1. The van der Waals surface area contributed by atoms with E-state index in [-0.39, 0.29) is 42.2 Å². The highest BCUT2D eigenvalue weighted by Crippen LogP contribution is 2.36. The smallest absolute Gasteiger partial charge is 0.226 e. The number of carbonyl (C=O) groups excluding carboxylic acids is 1. The molecule has 1 aromatic heterocycles. The lowest BCUT2D eigenvalue weighted by molar-refractivity contribution is -0.122. The Kier molecular flexibility index (Phi) is 5.71. The Hall–Kier alpha value is -2.20. The molecule has 5 nitrogen and oxygen atoms in total. The van der Waals surface area contributed by atoms with Crippen molar-refractivity contribution in [1.82, 2.24) is 14.9 Å². The molecule has 0 saturated heterocycles. The topological polar surface area (TPSA) is 70.0 Å². The number of hydrogen-bond donors (Lipinski definition) is 3. The number of nitrogens with zero attached hydrogens (tertiary/aromatic N) is 1. The lowest BCUT2D eigenvalue weighted by Gasteiger charge is -2.28. The summed E-state index contributed by atoms with van der Waals surface area (Å²) in [6.07, 6.45) is 2.63. The van der Waals surface area contributed by atoms with Gasteiger partial charge in [-0.2, -0.15) is 0 Å². The van der Waals surface area contributed by atoms with Crippen LogP contribution in [-0.4, -0.2) is 32.7 Å². The number of H-pyrrole nitrogens is 1. The first kappa shape index (κ1) is 21.0. The number of carbonyl (C=O) groups is 1. The zero-order valence-electron chi connectivity index (χ0n) is 16.0. The van der Waals surface area contributed by atoms with E-state index >= 15 is 0 Å². The van der Waals surface area contributed by atoms with E-state index in [1.54, 1.807) is 4.57 Å². The van der Waals surface area contributed by atoms with Gasteiger partial charge in [0.2, 0.25) is 5.91 Å². The van der Waals surface area contributed by atoms with Gasteiger partial charge in [-0.1, -0.05) is 12.8 Å². The number of imidazole rings is 1. The summed E-state index contributed by atoms with van der Waals surface area (Å²) in [5.74, 6) is -6.87. The summed E-state index contributed by atoms with van der Waals surface area (Å²) < 4.78 is 57.6. The van der Waals surface area contributed by atoms with Crippen LogP contribution in [0.4, 0.5) is 17.6 Å². The molecule has 1 fully saturated rings. The monoisotopic (exact) mass is 443 g/mol. The standard InChI is InChI=1S/C20H21F4N3O2S/c21-10-6-11(22)19(24)17(18(10)23)9-5-14-13(26-20(30)27(14)8-9)7-16(29)25-12-3-1-2-4-15(12)28/h6,9,12,15,28H,1-5,7-8H2,(H,25,29)(H,26,30). The van der Waals surface area contributed by atoms with Crippen molar-refractivity contribution < 1.29 is 27.5 Å². The highest BCUT2D eigenvalue weighted by molar-refractivity contribution is 7.71. The van der Waals surface area contributed by atoms with Crippen molar-refractivity contribution in [3.63, 3.8) is 0 Å². The van der Waals surface area contributed by atoms with Gasteiger partial charge in [0.05, 0.1) is 18.6 Å². The second-order valence-corrected chi connectivity index (χ2v) is 8.34. The Bertz CT molecular complexity index is 1030. The average molecular weight is 443 g/mol. The molecule has 3 unspecified atom stereocenters. The molecule has 0 bridgehead atoms. The van der Waals surface area contributed by atoms with Crippen molar-refractivity contribution in [1.29, 1.82) is 0 Å². The van der Waals surface area contributed by atoms with Crippen LogP contribution in [-0.2, 0) is 24.2 Å². The number of nitrogens with one attached hydrogen (secondary N) is 2. The number of aromatic nitrogens is 2. The fourth-order valence-corrected chi connectivity index (χ4v) is 4.79. The molecule has 0 radical (unpaired) electrons. The van der Waals surface area contributed by atoms with E-state index in [0.29, 0.717) is 24.2 Å². The summed E-state index contributed by atoms with van der Waals surface area (Å²) in [5.41, 5.74) is 0.419. The van der Waals surface area contributed by atoms with Crippen LogP contribution in [0.15, 0.2) is 6.07 Å². The van der Waals surface area contributed by atoms with Gasteiger partial charge in [-0.25, -0.2) is 17.6 Å². The Morgan fingerprint density at radius 3 is 2.53 bits per heavy atom. The predicted molar refractivity (Wildman–Crippen MR) is 102 cm³/mol. The number of rotatable bonds is 4. The van der Waals surface area contributed by atoms with Gasteiger partial charge in [-0.3, -0.25) is 4.79 Å². The summed E-state index contributed by atoms with van der Waals surface area (Å²) in [6.45, 7) is 0.0460. The van der Waals surface area contributed by atoms with E-state index in [1.807, 2.05) is 0 Å². The molecule has 162 valence electrons. The van der Waals surface area contributed by atoms with Crippen LogP contribution in [0.25, 0.3) is 0 Å². The minimum atomic E-state index is -1.45. The third-order valence-electron chi connectivity index (χ3n) is 5.99. The molecule has 1 aromatic carbocycles. The molecule has 2 aliphatic rings. The Morgan fingerprint density at radius 1 is 1.20 bits per heavy atom. The molecule has 2 aromatic rings. The fraction of sp³-hybridized carbons (Fsp3) is 0.500. The highest BCUT2D eigenvalue weighted by atomic mass is 32.1.